The number of nitrogens with zero attached hydrogens (tertiary/aromatic N) is 6. The largest absolute Gasteiger partial charge is 0.370 e. The predicted octanol–water partition coefficient (Wildman–Crippen LogP) is 7.43. The van der Waals surface area contributed by atoms with Crippen molar-refractivity contribution in [2.24, 2.45) is 5.73 Å². The third kappa shape index (κ3) is 6.34. The molecule has 0 radical (unpaired) electrons. The summed E-state index contributed by atoms with van der Waals surface area (Å²) >= 11 is 19.5. The smallest absolute Gasteiger partial charge is 0.172 e. The molecular weight excluding hydrogens is 693 g/mol. The first-order valence-electron chi connectivity index (χ1n) is 12.7. The summed E-state index contributed by atoms with van der Waals surface area (Å²) in [5, 5.41) is 16.5. The molecule has 9 nitrogen and oxygen atoms in total. The van der Waals surface area contributed by atoms with E-state index >= 15 is 0 Å². The minimum Gasteiger partial charge on any atom is -0.370 e. The maximum absolute atomic E-state index is 6.27. The number of hydrogen-bond donors (Lipinski definition) is 3. The highest BCUT2D eigenvalue weighted by atomic mass is 79.9. The molecule has 0 saturated carbocycles. The Bertz CT molecular complexity index is 1820. The lowest BCUT2D eigenvalue weighted by Gasteiger charge is -2.10. The average Bonchev–Trinajstić information content (AvgIpc) is 3.55. The van der Waals surface area contributed by atoms with E-state index in [1.54, 1.807) is 21.4 Å². The fraction of sp³-hybridized carbons (Fsp3) is 0.143. The molecule has 0 bridgehead atoms. The van der Waals surface area contributed by atoms with Crippen LogP contribution in [0.3, 0.4) is 0 Å². The quantitative estimate of drug-likeness (QED) is 0.158. The van der Waals surface area contributed by atoms with E-state index in [1.165, 1.54) is 0 Å². The third-order valence-corrected chi connectivity index (χ3v) is 7.74. The lowest BCUT2D eigenvalue weighted by atomic mass is 10.1. The summed E-state index contributed by atoms with van der Waals surface area (Å²) in [5.41, 5.74) is 10.4. The van der Waals surface area contributed by atoms with Crippen molar-refractivity contribution in [1.82, 2.24) is 29.2 Å². The van der Waals surface area contributed by atoms with Gasteiger partial charge in [-0.25, -0.2) is 9.97 Å². The van der Waals surface area contributed by atoms with Gasteiger partial charge in [-0.05, 0) is 50.9 Å². The molecule has 41 heavy (non-hydrogen) atoms. The third-order valence-electron chi connectivity index (χ3n) is 5.97. The molecule has 4 aromatic heterocycles. The second-order valence-electron chi connectivity index (χ2n) is 8.71. The van der Waals surface area contributed by atoms with Crippen LogP contribution in [0.5, 0.6) is 0 Å². The number of halogens is 4. The lowest BCUT2D eigenvalue weighted by Crippen LogP contribution is -2.15. The molecule has 0 atom stereocenters. The van der Waals surface area contributed by atoms with Gasteiger partial charge in [-0.3, -0.25) is 0 Å². The predicted molar refractivity (Wildman–Crippen MR) is 174 cm³/mol. The summed E-state index contributed by atoms with van der Waals surface area (Å²) in [5.74, 6) is 1.71. The number of nitrogens with two attached hydrogens (primary N) is 1. The van der Waals surface area contributed by atoms with Crippen molar-refractivity contribution in [3.8, 4) is 22.5 Å². The zero-order valence-corrected chi connectivity index (χ0v) is 26.5. The van der Waals surface area contributed by atoms with Crippen molar-refractivity contribution in [1.29, 1.82) is 0 Å². The van der Waals surface area contributed by atoms with Crippen LogP contribution in [0.4, 0.5) is 11.6 Å². The van der Waals surface area contributed by atoms with Crippen LogP contribution >= 0.6 is 55.1 Å². The van der Waals surface area contributed by atoms with Crippen molar-refractivity contribution in [2.75, 3.05) is 30.3 Å². The Morgan fingerprint density at radius 3 is 1.66 bits per heavy atom. The Kier molecular flexibility index (Phi) is 9.41. The van der Waals surface area contributed by atoms with E-state index < -0.39 is 0 Å². The van der Waals surface area contributed by atoms with Gasteiger partial charge >= 0.3 is 0 Å². The summed E-state index contributed by atoms with van der Waals surface area (Å²) in [6.45, 7) is 4.03. The second kappa shape index (κ2) is 13.2. The molecule has 0 spiro atoms. The van der Waals surface area contributed by atoms with E-state index in [-0.39, 0.29) is 0 Å². The molecule has 4 N–H and O–H groups in total. The van der Waals surface area contributed by atoms with Crippen LogP contribution in [-0.4, -0.2) is 48.8 Å². The highest BCUT2D eigenvalue weighted by molar-refractivity contribution is 9.11. The maximum Gasteiger partial charge on any atom is 0.172 e. The van der Waals surface area contributed by atoms with E-state index in [9.17, 15) is 0 Å². The Balaban J connectivity index is 0.000000165. The number of nitrogens with one attached hydrogen (secondary N) is 2. The first-order chi connectivity index (χ1) is 19.9. The van der Waals surface area contributed by atoms with Crippen molar-refractivity contribution in [3.63, 3.8) is 0 Å². The molecule has 6 aromatic rings. The number of fused-ring (bicyclic) bond motifs is 2. The molecule has 4 heterocycles. The topological polar surface area (TPSA) is 110 Å². The van der Waals surface area contributed by atoms with Crippen LogP contribution in [-0.2, 0) is 0 Å². The first-order valence-corrected chi connectivity index (χ1v) is 15.0. The van der Waals surface area contributed by atoms with E-state index in [4.69, 9.17) is 28.9 Å². The van der Waals surface area contributed by atoms with E-state index in [0.717, 1.165) is 60.9 Å². The van der Waals surface area contributed by atoms with Crippen LogP contribution < -0.4 is 16.4 Å². The van der Waals surface area contributed by atoms with Gasteiger partial charge in [0, 0.05) is 52.9 Å². The van der Waals surface area contributed by atoms with Gasteiger partial charge in [0.05, 0.1) is 32.7 Å². The summed E-state index contributed by atoms with van der Waals surface area (Å²) in [6, 6.07) is 19.2. The van der Waals surface area contributed by atoms with Gasteiger partial charge < -0.3 is 16.4 Å². The molecule has 0 aliphatic heterocycles. The Morgan fingerprint density at radius 2 is 1.22 bits per heavy atom. The molecule has 0 fully saturated rings. The molecule has 0 saturated heterocycles. The lowest BCUT2D eigenvalue weighted by molar-refractivity contribution is 0.917. The molecule has 0 unspecified atom stereocenters. The van der Waals surface area contributed by atoms with E-state index in [1.807, 2.05) is 67.6 Å². The van der Waals surface area contributed by atoms with Crippen LogP contribution in [0.1, 0.15) is 6.92 Å². The van der Waals surface area contributed by atoms with E-state index in [2.05, 4.69) is 62.7 Å². The number of anilines is 2. The van der Waals surface area contributed by atoms with Crippen molar-refractivity contribution in [2.45, 2.75) is 6.92 Å². The fourth-order valence-corrected chi connectivity index (χ4v) is 5.28. The molecule has 0 aliphatic rings. The number of aromatic nitrogens is 6. The van der Waals surface area contributed by atoms with Gasteiger partial charge in [0.15, 0.2) is 11.3 Å². The van der Waals surface area contributed by atoms with Crippen LogP contribution in [0, 0.1) is 0 Å². The zero-order valence-electron chi connectivity index (χ0n) is 21.8. The normalized spacial score (nSPS) is 11.0. The van der Waals surface area contributed by atoms with Gasteiger partial charge in [-0.1, -0.05) is 59.6 Å². The van der Waals surface area contributed by atoms with Crippen LogP contribution in [0.15, 0.2) is 82.0 Å². The summed E-state index contributed by atoms with van der Waals surface area (Å²) < 4.78 is 5.19. The summed E-state index contributed by atoms with van der Waals surface area (Å²) in [4.78, 5) is 9.27. The number of benzene rings is 2. The molecule has 0 aliphatic carbocycles. The Hall–Kier alpha value is -3.22. The highest BCUT2D eigenvalue weighted by Crippen LogP contribution is 2.31. The Morgan fingerprint density at radius 1 is 0.756 bits per heavy atom. The fourth-order valence-electron chi connectivity index (χ4n) is 4.12. The molecule has 0 amide bonds. The summed E-state index contributed by atoms with van der Waals surface area (Å²) in [7, 11) is 0. The standard InChI is InChI=1S/C14H13BrClN5.C14H12BrClN4/c15-10-8-19-21-13(18-6-5-17)7-12(20-14(10)21)9-3-1-2-4-11(9)16;1-2-17-13-7-12(9-5-3-4-6-11(9)16)19-14-10(15)8-18-20(13)14/h1-4,7-8,18H,5-6,17H2;3-8,17H,2H2,1H3. The van der Waals surface area contributed by atoms with Crippen molar-refractivity contribution >= 4 is 78.0 Å². The molecule has 210 valence electrons. The Labute approximate surface area is 263 Å². The molecular formula is C28H25Br2Cl2N9. The average molecular weight is 718 g/mol. The minimum absolute atomic E-state index is 0.535. The van der Waals surface area contributed by atoms with Gasteiger partial charge in [-0.15, -0.1) is 0 Å². The second-order valence-corrected chi connectivity index (χ2v) is 11.2. The highest BCUT2D eigenvalue weighted by Gasteiger charge is 2.14. The van der Waals surface area contributed by atoms with Crippen molar-refractivity contribution < 1.29 is 0 Å². The van der Waals surface area contributed by atoms with Crippen LogP contribution in [0.25, 0.3) is 33.8 Å². The van der Waals surface area contributed by atoms with Gasteiger partial charge in [0.1, 0.15) is 11.6 Å². The molecule has 13 heteroatoms. The summed E-state index contributed by atoms with van der Waals surface area (Å²) in [6.07, 6.45) is 3.45. The number of rotatable bonds is 7. The van der Waals surface area contributed by atoms with Crippen molar-refractivity contribution in [3.05, 3.63) is 92.0 Å². The number of hydrogen-bond acceptors (Lipinski definition) is 7. The zero-order chi connectivity index (χ0) is 28.9. The van der Waals surface area contributed by atoms with E-state index in [0.29, 0.717) is 23.1 Å². The van der Waals surface area contributed by atoms with Crippen LogP contribution in [0.2, 0.25) is 10.0 Å². The van der Waals surface area contributed by atoms with Gasteiger partial charge in [-0.2, -0.15) is 19.2 Å². The van der Waals surface area contributed by atoms with Gasteiger partial charge in [0.25, 0.3) is 0 Å². The molecule has 6 rings (SSSR count). The monoisotopic (exact) mass is 715 g/mol. The first kappa shape index (κ1) is 29.3. The minimum atomic E-state index is 0.535. The maximum atomic E-state index is 6.27. The molecule has 2 aromatic carbocycles. The van der Waals surface area contributed by atoms with Gasteiger partial charge in [0.2, 0.25) is 0 Å². The SMILES string of the molecule is CCNc1cc(-c2ccccc2Cl)nc2c(Br)cnn12.NCCNc1cc(-c2ccccc2Cl)nc2c(Br)cnn12.